The molecule has 1 saturated carbocycles. The minimum Gasteiger partial charge on any atom is -0.350 e. The number of carbonyl (C=O) groups excluding carboxylic acids is 2. The van der Waals surface area contributed by atoms with Gasteiger partial charge in [-0.2, -0.15) is 0 Å². The average molecular weight is 422 g/mol. The summed E-state index contributed by atoms with van der Waals surface area (Å²) < 4.78 is 0. The van der Waals surface area contributed by atoms with Crippen molar-refractivity contribution in [3.63, 3.8) is 0 Å². The van der Waals surface area contributed by atoms with Crippen molar-refractivity contribution in [1.82, 2.24) is 10.2 Å². The van der Waals surface area contributed by atoms with Crippen LogP contribution in [0.3, 0.4) is 0 Å². The predicted molar refractivity (Wildman–Crippen MR) is 119 cm³/mol. The molecular formula is C23H36ClN3O2. The van der Waals surface area contributed by atoms with E-state index in [0.717, 1.165) is 18.4 Å². The first kappa shape index (κ1) is 23.7. The third kappa shape index (κ3) is 5.95. The number of benzene rings is 1. The van der Waals surface area contributed by atoms with Crippen molar-refractivity contribution in [3.8, 4) is 0 Å². The summed E-state index contributed by atoms with van der Waals surface area (Å²) in [4.78, 5) is 28.0. The SMILES string of the molecule is CC(C)CC(=O)N1Cc2ccccc2CC1C(=O)NC(CN)C1CCCCC1.Cl. The second kappa shape index (κ2) is 11.0. The maximum Gasteiger partial charge on any atom is 0.243 e. The summed E-state index contributed by atoms with van der Waals surface area (Å²) >= 11 is 0. The maximum absolute atomic E-state index is 13.3. The van der Waals surface area contributed by atoms with Crippen LogP contribution in [0.1, 0.15) is 63.5 Å². The van der Waals surface area contributed by atoms with E-state index in [1.807, 2.05) is 26.0 Å². The highest BCUT2D eigenvalue weighted by molar-refractivity contribution is 5.88. The number of carbonyl (C=O) groups is 2. The first-order valence-electron chi connectivity index (χ1n) is 10.9. The topological polar surface area (TPSA) is 75.4 Å². The van der Waals surface area contributed by atoms with Gasteiger partial charge in [0.1, 0.15) is 6.04 Å². The molecule has 6 heteroatoms. The number of rotatable bonds is 6. The summed E-state index contributed by atoms with van der Waals surface area (Å²) in [5.41, 5.74) is 8.33. The van der Waals surface area contributed by atoms with E-state index in [1.54, 1.807) is 4.90 Å². The van der Waals surface area contributed by atoms with Gasteiger partial charge in [0.2, 0.25) is 11.8 Å². The van der Waals surface area contributed by atoms with Crippen molar-refractivity contribution in [2.24, 2.45) is 17.6 Å². The molecule has 0 spiro atoms. The van der Waals surface area contributed by atoms with Crippen molar-refractivity contribution in [1.29, 1.82) is 0 Å². The lowest BCUT2D eigenvalue weighted by molar-refractivity contribution is -0.142. The van der Waals surface area contributed by atoms with Gasteiger partial charge in [0.05, 0.1) is 0 Å². The zero-order valence-corrected chi connectivity index (χ0v) is 18.5. The molecule has 2 aliphatic rings. The second-order valence-electron chi connectivity index (χ2n) is 8.86. The van der Waals surface area contributed by atoms with Crippen LogP contribution in [-0.2, 0) is 22.6 Å². The summed E-state index contributed by atoms with van der Waals surface area (Å²) in [6.45, 7) is 5.05. The molecule has 2 unspecified atom stereocenters. The third-order valence-corrected chi connectivity index (χ3v) is 6.25. The standard InChI is InChI=1S/C23H35N3O2.ClH/c1-16(2)12-22(27)26-15-19-11-7-6-10-18(19)13-21(26)23(28)25-20(14-24)17-8-4-3-5-9-17;/h6-7,10-11,16-17,20-21H,3-5,8-9,12-15,24H2,1-2H3,(H,25,28);1H. The Morgan fingerprint density at radius 3 is 2.41 bits per heavy atom. The minimum atomic E-state index is -0.446. The van der Waals surface area contributed by atoms with Crippen LogP contribution >= 0.6 is 12.4 Å². The Bertz CT molecular complexity index is 688. The summed E-state index contributed by atoms with van der Waals surface area (Å²) in [5, 5.41) is 3.22. The Hall–Kier alpha value is -1.59. The van der Waals surface area contributed by atoms with Gasteiger partial charge in [-0.05, 0) is 35.8 Å². The van der Waals surface area contributed by atoms with Crippen LogP contribution in [0.15, 0.2) is 24.3 Å². The molecule has 1 fully saturated rings. The Labute approximate surface area is 181 Å². The fourth-order valence-electron chi connectivity index (χ4n) is 4.67. The lowest BCUT2D eigenvalue weighted by atomic mass is 9.83. The molecule has 0 bridgehead atoms. The Balaban J connectivity index is 0.00000300. The lowest BCUT2D eigenvalue weighted by Gasteiger charge is -2.38. The molecule has 1 aliphatic carbocycles. The number of nitrogens with one attached hydrogen (secondary N) is 1. The first-order chi connectivity index (χ1) is 13.5. The van der Waals surface area contributed by atoms with Gasteiger partial charge in [-0.25, -0.2) is 0 Å². The molecule has 3 N–H and O–H groups in total. The molecule has 0 radical (unpaired) electrons. The highest BCUT2D eigenvalue weighted by Crippen LogP contribution is 2.28. The molecule has 29 heavy (non-hydrogen) atoms. The summed E-state index contributed by atoms with van der Waals surface area (Å²) in [5.74, 6) is 0.741. The quantitative estimate of drug-likeness (QED) is 0.738. The van der Waals surface area contributed by atoms with Crippen LogP contribution in [-0.4, -0.2) is 35.3 Å². The van der Waals surface area contributed by atoms with E-state index < -0.39 is 6.04 Å². The molecule has 0 saturated heterocycles. The Morgan fingerprint density at radius 1 is 1.14 bits per heavy atom. The molecule has 5 nitrogen and oxygen atoms in total. The van der Waals surface area contributed by atoms with Crippen LogP contribution in [0.25, 0.3) is 0 Å². The van der Waals surface area contributed by atoms with E-state index in [0.29, 0.717) is 31.8 Å². The van der Waals surface area contributed by atoms with Crippen molar-refractivity contribution >= 4 is 24.2 Å². The van der Waals surface area contributed by atoms with Gasteiger partial charge in [-0.15, -0.1) is 12.4 Å². The predicted octanol–water partition coefficient (Wildman–Crippen LogP) is 3.43. The molecule has 1 aromatic carbocycles. The highest BCUT2D eigenvalue weighted by atomic mass is 35.5. The van der Waals surface area contributed by atoms with Gasteiger partial charge < -0.3 is 16.0 Å². The number of nitrogens with two attached hydrogens (primary N) is 1. The van der Waals surface area contributed by atoms with E-state index in [9.17, 15) is 9.59 Å². The monoisotopic (exact) mass is 421 g/mol. The molecule has 1 aromatic rings. The molecule has 2 atom stereocenters. The Kier molecular flexibility index (Phi) is 8.97. The molecule has 1 aliphatic heterocycles. The van der Waals surface area contributed by atoms with Crippen molar-refractivity contribution in [2.75, 3.05) is 6.54 Å². The normalized spacial score (nSPS) is 20.6. The van der Waals surface area contributed by atoms with E-state index in [1.165, 1.54) is 24.8 Å². The number of amides is 2. The van der Waals surface area contributed by atoms with Crippen LogP contribution in [0.4, 0.5) is 0 Å². The van der Waals surface area contributed by atoms with Crippen LogP contribution < -0.4 is 11.1 Å². The van der Waals surface area contributed by atoms with Crippen molar-refractivity contribution in [3.05, 3.63) is 35.4 Å². The molecular weight excluding hydrogens is 386 g/mol. The lowest BCUT2D eigenvalue weighted by Crippen LogP contribution is -2.56. The second-order valence-corrected chi connectivity index (χ2v) is 8.86. The number of hydrogen-bond acceptors (Lipinski definition) is 3. The number of halogens is 1. The van der Waals surface area contributed by atoms with Gasteiger partial charge in [0.25, 0.3) is 0 Å². The van der Waals surface area contributed by atoms with Crippen molar-refractivity contribution in [2.45, 2.75) is 77.4 Å². The van der Waals surface area contributed by atoms with Crippen LogP contribution in [0, 0.1) is 11.8 Å². The van der Waals surface area contributed by atoms with E-state index in [-0.39, 0.29) is 36.2 Å². The largest absolute Gasteiger partial charge is 0.350 e. The van der Waals surface area contributed by atoms with Gasteiger partial charge in [0, 0.05) is 32.0 Å². The van der Waals surface area contributed by atoms with Gasteiger partial charge in [-0.1, -0.05) is 57.4 Å². The number of fused-ring (bicyclic) bond motifs is 1. The van der Waals surface area contributed by atoms with E-state index in [2.05, 4.69) is 17.4 Å². The van der Waals surface area contributed by atoms with Gasteiger partial charge in [0.15, 0.2) is 0 Å². The molecule has 162 valence electrons. The van der Waals surface area contributed by atoms with E-state index in [4.69, 9.17) is 5.73 Å². The number of nitrogens with zero attached hydrogens (tertiary/aromatic N) is 1. The molecule has 0 aromatic heterocycles. The highest BCUT2D eigenvalue weighted by Gasteiger charge is 2.36. The molecule has 1 heterocycles. The number of hydrogen-bond donors (Lipinski definition) is 2. The van der Waals surface area contributed by atoms with Crippen LogP contribution in [0.5, 0.6) is 0 Å². The first-order valence-corrected chi connectivity index (χ1v) is 10.9. The fourth-order valence-corrected chi connectivity index (χ4v) is 4.67. The zero-order valence-electron chi connectivity index (χ0n) is 17.7. The summed E-state index contributed by atoms with van der Waals surface area (Å²) in [7, 11) is 0. The summed E-state index contributed by atoms with van der Waals surface area (Å²) in [6, 6.07) is 7.69. The average Bonchev–Trinajstić information content (AvgIpc) is 2.71. The van der Waals surface area contributed by atoms with Gasteiger partial charge in [-0.3, -0.25) is 9.59 Å². The molecule has 2 amide bonds. The third-order valence-electron chi connectivity index (χ3n) is 6.25. The zero-order chi connectivity index (χ0) is 20.1. The summed E-state index contributed by atoms with van der Waals surface area (Å²) in [6.07, 6.45) is 7.01. The fraction of sp³-hybridized carbons (Fsp3) is 0.652. The minimum absolute atomic E-state index is 0. The van der Waals surface area contributed by atoms with Crippen LogP contribution in [0.2, 0.25) is 0 Å². The maximum atomic E-state index is 13.3. The van der Waals surface area contributed by atoms with Crippen molar-refractivity contribution < 1.29 is 9.59 Å². The van der Waals surface area contributed by atoms with E-state index >= 15 is 0 Å². The Morgan fingerprint density at radius 2 is 1.79 bits per heavy atom. The smallest absolute Gasteiger partial charge is 0.243 e. The van der Waals surface area contributed by atoms with Gasteiger partial charge >= 0.3 is 0 Å². The molecule has 3 rings (SSSR count).